The summed E-state index contributed by atoms with van der Waals surface area (Å²) in [7, 11) is 0. The van der Waals surface area contributed by atoms with Crippen LogP contribution in [0.2, 0.25) is 0 Å². The molecule has 0 saturated carbocycles. The Morgan fingerprint density at radius 1 is 0.700 bits per heavy atom. The van der Waals surface area contributed by atoms with E-state index in [4.69, 9.17) is 14.6 Å². The van der Waals surface area contributed by atoms with Crippen molar-refractivity contribution >= 4 is 11.8 Å². The molecule has 0 unspecified atom stereocenters. The first-order valence-electron chi connectivity index (χ1n) is 8.26. The molecule has 0 aliphatic carbocycles. The summed E-state index contributed by atoms with van der Waals surface area (Å²) in [5, 5.41) is 8.51. The molecule has 0 bridgehead atoms. The second kappa shape index (κ2) is 19.2. The van der Waals surface area contributed by atoms with Crippen LogP contribution in [0.3, 0.4) is 0 Å². The van der Waals surface area contributed by atoms with Gasteiger partial charge in [0.15, 0.2) is 0 Å². The molecule has 0 aromatic carbocycles. The quantitative estimate of drug-likeness (QED) is 0.414. The normalized spacial score (nSPS) is 11.1. The standard InChI is InChI=1S/C16H34O3S/c1-2-3-4-5-6-7-8-9-15-20-16-14-19-13-12-18-11-10-17/h17H,2-16H2,1H3. The van der Waals surface area contributed by atoms with Gasteiger partial charge < -0.3 is 14.6 Å². The van der Waals surface area contributed by atoms with Gasteiger partial charge in [0, 0.05) is 5.75 Å². The van der Waals surface area contributed by atoms with Crippen LogP contribution in [-0.4, -0.2) is 49.6 Å². The van der Waals surface area contributed by atoms with Gasteiger partial charge in [0.25, 0.3) is 0 Å². The smallest absolute Gasteiger partial charge is 0.0701 e. The molecular formula is C16H34O3S. The monoisotopic (exact) mass is 306 g/mol. The molecule has 0 amide bonds. The highest BCUT2D eigenvalue weighted by Gasteiger charge is 1.94. The summed E-state index contributed by atoms with van der Waals surface area (Å²) in [6, 6.07) is 0. The zero-order valence-electron chi connectivity index (χ0n) is 13.3. The molecule has 0 fully saturated rings. The predicted octanol–water partition coefficient (Wildman–Crippen LogP) is 3.89. The summed E-state index contributed by atoms with van der Waals surface area (Å²) < 4.78 is 10.5. The average Bonchev–Trinajstić information content (AvgIpc) is 2.47. The molecule has 0 rings (SSSR count). The van der Waals surface area contributed by atoms with Gasteiger partial charge in [-0.3, -0.25) is 0 Å². The highest BCUT2D eigenvalue weighted by Crippen LogP contribution is 2.11. The van der Waals surface area contributed by atoms with Crippen LogP contribution in [0.5, 0.6) is 0 Å². The van der Waals surface area contributed by atoms with Crippen LogP contribution in [0.4, 0.5) is 0 Å². The van der Waals surface area contributed by atoms with Gasteiger partial charge in [0.05, 0.1) is 33.0 Å². The van der Waals surface area contributed by atoms with Crippen molar-refractivity contribution in [1.82, 2.24) is 0 Å². The van der Waals surface area contributed by atoms with E-state index in [1.165, 1.54) is 57.1 Å². The molecule has 0 spiro atoms. The number of unbranched alkanes of at least 4 members (excludes halogenated alkanes) is 7. The summed E-state index contributed by atoms with van der Waals surface area (Å²) in [6.45, 7) is 4.81. The van der Waals surface area contributed by atoms with E-state index in [0.717, 1.165) is 12.4 Å². The Labute approximate surface area is 129 Å². The Morgan fingerprint density at radius 3 is 1.95 bits per heavy atom. The van der Waals surface area contributed by atoms with E-state index in [1.807, 2.05) is 11.8 Å². The Kier molecular flexibility index (Phi) is 19.5. The SMILES string of the molecule is CCCCCCCCCCSCCOCCOCCO. The lowest BCUT2D eigenvalue weighted by Gasteiger charge is -2.05. The van der Waals surface area contributed by atoms with Crippen molar-refractivity contribution in [2.24, 2.45) is 0 Å². The maximum Gasteiger partial charge on any atom is 0.0701 e. The van der Waals surface area contributed by atoms with Crippen molar-refractivity contribution in [3.8, 4) is 0 Å². The largest absolute Gasteiger partial charge is 0.394 e. The van der Waals surface area contributed by atoms with E-state index >= 15 is 0 Å². The van der Waals surface area contributed by atoms with Gasteiger partial charge in [-0.2, -0.15) is 11.8 Å². The third-order valence-electron chi connectivity index (χ3n) is 3.12. The van der Waals surface area contributed by atoms with Gasteiger partial charge in [0.1, 0.15) is 0 Å². The molecule has 1 N–H and O–H groups in total. The summed E-state index contributed by atoms with van der Waals surface area (Å²) >= 11 is 1.99. The van der Waals surface area contributed by atoms with E-state index in [0.29, 0.717) is 19.8 Å². The van der Waals surface area contributed by atoms with E-state index in [-0.39, 0.29) is 6.61 Å². The highest BCUT2D eigenvalue weighted by molar-refractivity contribution is 7.99. The molecule has 3 nitrogen and oxygen atoms in total. The molecule has 0 atom stereocenters. The van der Waals surface area contributed by atoms with Gasteiger partial charge in [-0.05, 0) is 12.2 Å². The van der Waals surface area contributed by atoms with Gasteiger partial charge in [-0.1, -0.05) is 51.9 Å². The second-order valence-corrected chi connectivity index (χ2v) is 6.26. The fourth-order valence-corrected chi connectivity index (χ4v) is 2.79. The van der Waals surface area contributed by atoms with Crippen molar-refractivity contribution < 1.29 is 14.6 Å². The first-order chi connectivity index (χ1) is 9.91. The van der Waals surface area contributed by atoms with Crippen LogP contribution in [0.15, 0.2) is 0 Å². The van der Waals surface area contributed by atoms with Gasteiger partial charge >= 0.3 is 0 Å². The van der Waals surface area contributed by atoms with Crippen LogP contribution in [0.1, 0.15) is 58.3 Å². The number of ether oxygens (including phenoxy) is 2. The second-order valence-electron chi connectivity index (χ2n) is 5.04. The molecule has 0 heterocycles. The van der Waals surface area contributed by atoms with Crippen molar-refractivity contribution in [2.75, 3.05) is 44.5 Å². The van der Waals surface area contributed by atoms with Crippen molar-refractivity contribution in [3.63, 3.8) is 0 Å². The number of aliphatic hydroxyl groups excluding tert-OH is 1. The van der Waals surface area contributed by atoms with Crippen molar-refractivity contribution in [2.45, 2.75) is 58.3 Å². The minimum atomic E-state index is 0.0917. The third-order valence-corrected chi connectivity index (χ3v) is 4.15. The number of thioether (sulfide) groups is 1. The Hall–Kier alpha value is 0.230. The summed E-state index contributed by atoms with van der Waals surface area (Å²) in [5.41, 5.74) is 0. The molecule has 122 valence electrons. The molecule has 0 aromatic rings. The van der Waals surface area contributed by atoms with Crippen LogP contribution >= 0.6 is 11.8 Å². The third kappa shape index (κ3) is 18.2. The van der Waals surface area contributed by atoms with E-state index < -0.39 is 0 Å². The lowest BCUT2D eigenvalue weighted by Crippen LogP contribution is -2.08. The number of aliphatic hydroxyl groups is 1. The minimum Gasteiger partial charge on any atom is -0.394 e. The lowest BCUT2D eigenvalue weighted by molar-refractivity contribution is 0.0377. The Morgan fingerprint density at radius 2 is 1.30 bits per heavy atom. The Bertz CT molecular complexity index is 150. The number of hydrogen-bond acceptors (Lipinski definition) is 4. The Balaban J connectivity index is 2.89. The molecule has 4 heteroatoms. The van der Waals surface area contributed by atoms with E-state index in [1.54, 1.807) is 0 Å². The topological polar surface area (TPSA) is 38.7 Å². The van der Waals surface area contributed by atoms with Crippen molar-refractivity contribution in [3.05, 3.63) is 0 Å². The van der Waals surface area contributed by atoms with E-state index in [9.17, 15) is 0 Å². The maximum atomic E-state index is 8.51. The average molecular weight is 307 g/mol. The fraction of sp³-hybridized carbons (Fsp3) is 1.00. The van der Waals surface area contributed by atoms with Gasteiger partial charge in [-0.25, -0.2) is 0 Å². The zero-order valence-corrected chi connectivity index (χ0v) is 14.1. The maximum absolute atomic E-state index is 8.51. The van der Waals surface area contributed by atoms with Gasteiger partial charge in [0.2, 0.25) is 0 Å². The van der Waals surface area contributed by atoms with Gasteiger partial charge in [-0.15, -0.1) is 0 Å². The molecular weight excluding hydrogens is 272 g/mol. The first-order valence-corrected chi connectivity index (χ1v) is 9.41. The van der Waals surface area contributed by atoms with E-state index in [2.05, 4.69) is 6.92 Å². The van der Waals surface area contributed by atoms with Crippen LogP contribution < -0.4 is 0 Å². The van der Waals surface area contributed by atoms with Crippen molar-refractivity contribution in [1.29, 1.82) is 0 Å². The predicted molar refractivity (Wildman–Crippen MR) is 88.7 cm³/mol. The molecule has 0 saturated heterocycles. The summed E-state index contributed by atoms with van der Waals surface area (Å²) in [5.74, 6) is 2.34. The number of hydrogen-bond donors (Lipinski definition) is 1. The lowest BCUT2D eigenvalue weighted by atomic mass is 10.1. The molecule has 0 aromatic heterocycles. The zero-order chi connectivity index (χ0) is 14.7. The summed E-state index contributed by atoms with van der Waals surface area (Å²) in [4.78, 5) is 0. The first kappa shape index (κ1) is 20.2. The minimum absolute atomic E-state index is 0.0917. The number of rotatable bonds is 17. The fourth-order valence-electron chi connectivity index (χ4n) is 1.94. The molecule has 20 heavy (non-hydrogen) atoms. The molecule has 0 aliphatic heterocycles. The van der Waals surface area contributed by atoms with Crippen LogP contribution in [0.25, 0.3) is 0 Å². The van der Waals surface area contributed by atoms with Crippen LogP contribution in [0, 0.1) is 0 Å². The summed E-state index contributed by atoms with van der Waals surface area (Å²) in [6.07, 6.45) is 11.1. The van der Waals surface area contributed by atoms with Crippen LogP contribution in [-0.2, 0) is 9.47 Å². The molecule has 0 radical (unpaired) electrons. The highest BCUT2D eigenvalue weighted by atomic mass is 32.2. The molecule has 0 aliphatic rings.